The Morgan fingerprint density at radius 1 is 0.597 bits per heavy atom. The molecule has 0 unspecified atom stereocenters. The van der Waals surface area contributed by atoms with Gasteiger partial charge in [0.15, 0.2) is 0 Å². The van der Waals surface area contributed by atoms with Crippen LogP contribution in [0.1, 0.15) is 24.0 Å². The number of aliphatic hydroxyl groups is 1. The van der Waals surface area contributed by atoms with E-state index in [1.807, 2.05) is 67.6 Å². The van der Waals surface area contributed by atoms with E-state index in [0.717, 1.165) is 126 Å². The van der Waals surface area contributed by atoms with Gasteiger partial charge in [-0.1, -0.05) is 24.4 Å². The summed E-state index contributed by atoms with van der Waals surface area (Å²) >= 11 is 17.5. The van der Waals surface area contributed by atoms with Gasteiger partial charge in [-0.15, -0.1) is 23.4 Å². The van der Waals surface area contributed by atoms with Gasteiger partial charge in [0.05, 0.1) is 74.7 Å². The fourth-order valence-corrected chi connectivity index (χ4v) is 7.79. The van der Waals surface area contributed by atoms with Gasteiger partial charge >= 0.3 is 0 Å². The molecule has 4 fully saturated rings. The van der Waals surface area contributed by atoms with Gasteiger partial charge in [-0.2, -0.15) is 0 Å². The van der Waals surface area contributed by atoms with E-state index in [4.69, 9.17) is 47.0 Å². The summed E-state index contributed by atoms with van der Waals surface area (Å²) in [6.45, 7) is 19.5. The van der Waals surface area contributed by atoms with Crippen molar-refractivity contribution in [3.05, 3.63) is 96.6 Å². The average Bonchev–Trinajstić information content (AvgIpc) is 3.38. The van der Waals surface area contributed by atoms with Crippen molar-refractivity contribution in [3.8, 4) is 0 Å². The van der Waals surface area contributed by atoms with E-state index in [0.29, 0.717) is 16.6 Å². The van der Waals surface area contributed by atoms with Crippen LogP contribution in [0, 0.1) is 0 Å². The summed E-state index contributed by atoms with van der Waals surface area (Å²) in [6, 6.07) is 16.3. The topological polar surface area (TPSA) is 188 Å². The third kappa shape index (κ3) is 20.7. The second kappa shape index (κ2) is 32.8. The first-order valence-corrected chi connectivity index (χ1v) is 25.2. The summed E-state index contributed by atoms with van der Waals surface area (Å²) in [7, 11) is 8.63. The molecule has 0 radical (unpaired) electrons. The Morgan fingerprint density at radius 2 is 0.955 bits per heavy atom. The minimum atomic E-state index is 0.250. The maximum atomic E-state index is 7.57. The van der Waals surface area contributed by atoms with Crippen molar-refractivity contribution in [3.63, 3.8) is 0 Å². The van der Waals surface area contributed by atoms with Gasteiger partial charge in [-0.3, -0.25) is 31.6 Å². The molecule has 8 rings (SSSR count). The van der Waals surface area contributed by atoms with Crippen LogP contribution in [0.5, 0.6) is 0 Å². The lowest BCUT2D eigenvalue weighted by molar-refractivity contribution is 0.313. The normalized spacial score (nSPS) is 16.8. The lowest BCUT2D eigenvalue weighted by Crippen LogP contribution is -2.44. The molecule has 0 atom stereocenters. The molecule has 370 valence electrons. The number of aliphatic hydroxyl groups excluding tert-OH is 1. The zero-order valence-corrected chi connectivity index (χ0v) is 43.6. The summed E-state index contributed by atoms with van der Waals surface area (Å²) in [5.74, 6) is 13.7. The van der Waals surface area contributed by atoms with Crippen LogP contribution in [0.25, 0.3) is 0 Å². The van der Waals surface area contributed by atoms with Crippen LogP contribution in [0.2, 0.25) is 0 Å². The number of hydrogen-bond donors (Lipinski definition) is 5. The van der Waals surface area contributed by atoms with Gasteiger partial charge in [-0.05, 0) is 89.9 Å². The molecule has 0 bridgehead atoms. The number of pyridine rings is 4. The third-order valence-corrected chi connectivity index (χ3v) is 13.2. The zero-order chi connectivity index (χ0) is 49.0. The number of hydrazine groups is 2. The van der Waals surface area contributed by atoms with E-state index in [2.05, 4.69) is 123 Å². The second-order valence-corrected chi connectivity index (χ2v) is 18.3. The van der Waals surface area contributed by atoms with Crippen LogP contribution in [-0.2, 0) is 5.88 Å². The number of anilines is 4. The number of likely N-dealkylation sites (N-methyl/N-ethyl adjacent to an activating group) is 4. The number of nitrogens with two attached hydrogens (primary N) is 3. The average molecular weight is 1000 g/mol. The molecular formula is C46H75ClN16OS3. The summed E-state index contributed by atoms with van der Waals surface area (Å²) in [4.78, 5) is 36.4. The first kappa shape index (κ1) is 57.4. The van der Waals surface area contributed by atoms with Crippen LogP contribution in [0.4, 0.5) is 22.7 Å². The Morgan fingerprint density at radius 3 is 1.24 bits per heavy atom. The maximum Gasteiger partial charge on any atom is 0.139 e. The molecule has 4 aromatic heterocycles. The molecule has 0 aromatic carbocycles. The molecule has 0 aliphatic carbocycles. The van der Waals surface area contributed by atoms with E-state index < -0.39 is 0 Å². The van der Waals surface area contributed by atoms with E-state index in [-0.39, 0.29) is 6.61 Å². The monoisotopic (exact) mass is 999 g/mol. The summed E-state index contributed by atoms with van der Waals surface area (Å²) in [6.07, 6.45) is 11.4. The number of hydrogen-bond acceptors (Lipinski definition) is 19. The lowest BCUT2D eigenvalue weighted by Gasteiger charge is -2.33. The Hall–Kier alpha value is -3.90. The first-order valence-electron chi connectivity index (χ1n) is 22.6. The van der Waals surface area contributed by atoms with Crippen LogP contribution >= 0.6 is 47.8 Å². The number of nitrogens with one attached hydrogen (secondary N) is 1. The van der Waals surface area contributed by atoms with Crippen molar-refractivity contribution >= 4 is 79.7 Å². The molecule has 67 heavy (non-hydrogen) atoms. The first-order chi connectivity index (χ1) is 32.5. The van der Waals surface area contributed by atoms with E-state index >= 15 is 0 Å². The summed E-state index contributed by atoms with van der Waals surface area (Å²) < 4.78 is 0.856. The molecule has 4 saturated heterocycles. The van der Waals surface area contributed by atoms with Crippen LogP contribution in [0.3, 0.4) is 0 Å². The molecule has 8 N–H and O–H groups in total. The number of aromatic nitrogens is 4. The minimum Gasteiger partial charge on any atom is -0.397 e. The van der Waals surface area contributed by atoms with Crippen LogP contribution in [0.15, 0.2) is 79.5 Å². The highest BCUT2D eigenvalue weighted by atomic mass is 35.5. The van der Waals surface area contributed by atoms with E-state index in [9.17, 15) is 0 Å². The smallest absolute Gasteiger partial charge is 0.139 e. The second-order valence-electron chi connectivity index (χ2n) is 16.1. The molecule has 21 heteroatoms. The summed E-state index contributed by atoms with van der Waals surface area (Å²) in [5, 5.41) is 7.57. The predicted molar refractivity (Wildman–Crippen MR) is 291 cm³/mol. The van der Waals surface area contributed by atoms with Crippen molar-refractivity contribution in [1.82, 2.24) is 45.0 Å². The number of halogens is 1. The SMILES string of the molecule is CCO.CN1CCN(c2ccc(C(=S)NN)nc2)CC1.CN1CCN(c2ccc(CCl)nc2)CC1.CN1CCN(c2cccnc2)CC1.CSC(=S)c1ccc(N2CCN(C)CC2)cn1.NN. The minimum absolute atomic E-state index is 0.250. The highest BCUT2D eigenvalue weighted by molar-refractivity contribution is 8.23. The highest BCUT2D eigenvalue weighted by Crippen LogP contribution is 2.19. The fraction of sp³-hybridized carbons (Fsp3) is 0.522. The number of thiocarbonyl (C=S) groups is 2. The number of alkyl halides is 1. The summed E-state index contributed by atoms with van der Waals surface area (Å²) in [5.41, 5.74) is 9.78. The molecule has 17 nitrogen and oxygen atoms in total. The Balaban J connectivity index is 0.000000230. The maximum absolute atomic E-state index is 7.57. The third-order valence-electron chi connectivity index (χ3n) is 11.3. The van der Waals surface area contributed by atoms with Crippen molar-refractivity contribution in [2.45, 2.75) is 12.8 Å². The Labute approximate surface area is 420 Å². The van der Waals surface area contributed by atoms with Crippen molar-refractivity contribution in [1.29, 1.82) is 0 Å². The molecule has 4 aliphatic heterocycles. The molecule has 4 aromatic rings. The number of nitrogens with zero attached hydrogens (tertiary/aromatic N) is 12. The Bertz CT molecular complexity index is 1830. The number of rotatable bonds is 7. The number of piperazine rings is 4. The lowest BCUT2D eigenvalue weighted by atomic mass is 10.2. The van der Waals surface area contributed by atoms with Gasteiger partial charge in [0, 0.05) is 118 Å². The Kier molecular flexibility index (Phi) is 28.1. The largest absolute Gasteiger partial charge is 0.397 e. The number of thioether (sulfide) groups is 1. The van der Waals surface area contributed by atoms with Crippen LogP contribution < -0.4 is 42.6 Å². The van der Waals surface area contributed by atoms with Crippen molar-refractivity contribution in [2.24, 2.45) is 17.5 Å². The van der Waals surface area contributed by atoms with Crippen molar-refractivity contribution in [2.75, 3.05) is 165 Å². The molecule has 0 saturated carbocycles. The molecule has 8 heterocycles. The molecule has 0 spiro atoms. The van der Waals surface area contributed by atoms with Gasteiger partial charge in [0.25, 0.3) is 0 Å². The van der Waals surface area contributed by atoms with E-state index in [1.54, 1.807) is 18.7 Å². The van der Waals surface area contributed by atoms with E-state index in [1.165, 1.54) is 17.1 Å². The fourth-order valence-electron chi connectivity index (χ4n) is 7.06. The van der Waals surface area contributed by atoms with Gasteiger partial charge in [-0.25, -0.2) is 5.84 Å². The zero-order valence-electron chi connectivity index (χ0n) is 40.4. The predicted octanol–water partition coefficient (Wildman–Crippen LogP) is 3.07. The van der Waals surface area contributed by atoms with Crippen molar-refractivity contribution < 1.29 is 5.11 Å². The van der Waals surface area contributed by atoms with Crippen LogP contribution in [-0.4, -0.2) is 200 Å². The van der Waals surface area contributed by atoms with Gasteiger partial charge in [0.2, 0.25) is 0 Å². The highest BCUT2D eigenvalue weighted by Gasteiger charge is 2.17. The standard InChI is InChI=1S/C12H17N3S2.C11H16ClN3.C11H17N5S.C10H15N3.C2H6O.H4N2/c1-14-5-7-15(8-6-14)10-3-4-11(13-9-10)12(16)17-2;1-14-4-6-15(7-5-14)11-3-2-10(8-12)13-9-11;1-15-4-6-16(7-5-15)9-2-3-10(13-8-9)11(17)14-12;1-12-5-7-13(8-6-12)10-3-2-4-11-9-10;1-2-3;1-2/h3-4,9H,5-8H2,1-2H3;2-3,9H,4-8H2,1H3;2-3,8H,4-7,12H2,1H3,(H,14,17);2-4,9H,5-8H2,1H3;3H,2H2,1H3;1-2H2. The van der Waals surface area contributed by atoms with Gasteiger partial charge < -0.3 is 49.7 Å². The van der Waals surface area contributed by atoms with Gasteiger partial charge in [0.1, 0.15) is 4.99 Å². The molecular weight excluding hydrogens is 924 g/mol. The molecule has 0 amide bonds. The quantitative estimate of drug-likeness (QED) is 0.0787. The molecule has 4 aliphatic rings.